The average Bonchev–Trinajstić information content (AvgIpc) is 2.65. The molecule has 2 aromatic rings. The van der Waals surface area contributed by atoms with Crippen LogP contribution in [0.5, 0.6) is 0 Å². The normalized spacial score (nSPS) is 10.7. The topological polar surface area (TPSA) is 69.4 Å². The molecule has 0 aliphatic rings. The standard InChI is InChI=1S/C21H21NO4/c1-3-26-16(2)9-7-8-10-17-13-14-20(22(24)25)19(15-17)21(23)18-11-5-4-6-12-18/h4-6,8,10-15H,2-3,7,9H2,1H3. The molecule has 0 fully saturated rings. The number of ether oxygens (including phenoxy) is 1. The Morgan fingerprint density at radius 3 is 2.62 bits per heavy atom. The third-order valence-electron chi connectivity index (χ3n) is 3.75. The smallest absolute Gasteiger partial charge is 0.280 e. The second kappa shape index (κ2) is 9.32. The first kappa shape index (κ1) is 19.1. The minimum atomic E-state index is -0.532. The lowest BCUT2D eigenvalue weighted by molar-refractivity contribution is -0.385. The van der Waals surface area contributed by atoms with Crippen molar-refractivity contribution in [3.63, 3.8) is 0 Å². The molecule has 0 aliphatic carbocycles. The van der Waals surface area contributed by atoms with Gasteiger partial charge in [0.1, 0.15) is 5.56 Å². The summed E-state index contributed by atoms with van der Waals surface area (Å²) in [5, 5.41) is 11.3. The molecule has 0 bridgehead atoms. The predicted molar refractivity (Wildman–Crippen MR) is 102 cm³/mol. The molecule has 5 heteroatoms. The summed E-state index contributed by atoms with van der Waals surface area (Å²) >= 11 is 0. The number of ketones is 1. The van der Waals surface area contributed by atoms with Crippen molar-refractivity contribution in [3.8, 4) is 0 Å². The number of nitro groups is 1. The van der Waals surface area contributed by atoms with Crippen molar-refractivity contribution in [2.75, 3.05) is 6.61 Å². The molecular weight excluding hydrogens is 330 g/mol. The number of allylic oxidation sites excluding steroid dienone is 2. The van der Waals surface area contributed by atoms with Gasteiger partial charge in [-0.3, -0.25) is 14.9 Å². The number of carbonyl (C=O) groups is 1. The van der Waals surface area contributed by atoms with Crippen LogP contribution < -0.4 is 0 Å². The summed E-state index contributed by atoms with van der Waals surface area (Å²) in [6.45, 7) is 6.31. The summed E-state index contributed by atoms with van der Waals surface area (Å²) in [6, 6.07) is 13.1. The fourth-order valence-corrected chi connectivity index (χ4v) is 2.48. The molecule has 0 unspecified atom stereocenters. The van der Waals surface area contributed by atoms with Gasteiger partial charge >= 0.3 is 0 Å². The van der Waals surface area contributed by atoms with Gasteiger partial charge in [0.2, 0.25) is 0 Å². The Morgan fingerprint density at radius 2 is 1.96 bits per heavy atom. The number of hydrogen-bond donors (Lipinski definition) is 0. The van der Waals surface area contributed by atoms with E-state index in [9.17, 15) is 14.9 Å². The number of benzene rings is 2. The highest BCUT2D eigenvalue weighted by Gasteiger charge is 2.21. The maximum Gasteiger partial charge on any atom is 0.280 e. The van der Waals surface area contributed by atoms with Crippen LogP contribution in [-0.4, -0.2) is 17.3 Å². The van der Waals surface area contributed by atoms with Gasteiger partial charge in [-0.05, 0) is 31.0 Å². The molecule has 26 heavy (non-hydrogen) atoms. The Balaban J connectivity index is 2.21. The third-order valence-corrected chi connectivity index (χ3v) is 3.75. The summed E-state index contributed by atoms with van der Waals surface area (Å²) in [5.74, 6) is 0.359. The summed E-state index contributed by atoms with van der Waals surface area (Å²) in [4.78, 5) is 23.4. The molecule has 0 aliphatic heterocycles. The van der Waals surface area contributed by atoms with Crippen molar-refractivity contribution in [2.45, 2.75) is 19.8 Å². The highest BCUT2D eigenvalue weighted by Crippen LogP contribution is 2.24. The van der Waals surface area contributed by atoms with Crippen LogP contribution in [-0.2, 0) is 4.74 Å². The number of nitrogens with zero attached hydrogens (tertiary/aromatic N) is 1. The van der Waals surface area contributed by atoms with E-state index in [4.69, 9.17) is 4.74 Å². The highest BCUT2D eigenvalue weighted by atomic mass is 16.6. The zero-order chi connectivity index (χ0) is 18.9. The molecule has 0 amide bonds. The largest absolute Gasteiger partial charge is 0.499 e. The first-order chi connectivity index (χ1) is 12.5. The van der Waals surface area contributed by atoms with E-state index in [2.05, 4.69) is 6.58 Å². The molecule has 0 saturated carbocycles. The van der Waals surface area contributed by atoms with E-state index in [0.29, 0.717) is 18.6 Å². The molecule has 0 heterocycles. The van der Waals surface area contributed by atoms with Crippen LogP contribution in [0.3, 0.4) is 0 Å². The van der Waals surface area contributed by atoms with Crippen LogP contribution in [0.4, 0.5) is 5.69 Å². The van der Waals surface area contributed by atoms with E-state index in [-0.39, 0.29) is 17.0 Å². The van der Waals surface area contributed by atoms with E-state index in [1.807, 2.05) is 19.1 Å². The van der Waals surface area contributed by atoms with E-state index < -0.39 is 4.92 Å². The Labute approximate surface area is 152 Å². The van der Waals surface area contributed by atoms with Crippen molar-refractivity contribution < 1.29 is 14.5 Å². The molecule has 5 nitrogen and oxygen atoms in total. The summed E-state index contributed by atoms with van der Waals surface area (Å²) in [5.41, 5.74) is 1.05. The van der Waals surface area contributed by atoms with E-state index in [0.717, 1.165) is 17.7 Å². The monoisotopic (exact) mass is 351 g/mol. The van der Waals surface area contributed by atoms with Crippen molar-refractivity contribution in [2.24, 2.45) is 0 Å². The molecule has 134 valence electrons. The van der Waals surface area contributed by atoms with Crippen LogP contribution >= 0.6 is 0 Å². The minimum Gasteiger partial charge on any atom is -0.499 e. The van der Waals surface area contributed by atoms with Gasteiger partial charge in [0, 0.05) is 18.1 Å². The quantitative estimate of drug-likeness (QED) is 0.270. The predicted octanol–water partition coefficient (Wildman–Crippen LogP) is 5.17. The van der Waals surface area contributed by atoms with E-state index >= 15 is 0 Å². The molecule has 0 N–H and O–H groups in total. The molecule has 0 atom stereocenters. The molecular formula is C21H21NO4. The fourth-order valence-electron chi connectivity index (χ4n) is 2.48. The van der Waals surface area contributed by atoms with Crippen molar-refractivity contribution in [3.05, 3.63) is 93.7 Å². The van der Waals surface area contributed by atoms with Crippen LogP contribution in [0.15, 0.2) is 66.9 Å². The maximum absolute atomic E-state index is 12.7. The van der Waals surface area contributed by atoms with Gasteiger partial charge < -0.3 is 4.74 Å². The maximum atomic E-state index is 12.7. The van der Waals surface area contributed by atoms with Gasteiger partial charge in [0.15, 0.2) is 5.78 Å². The zero-order valence-electron chi connectivity index (χ0n) is 14.7. The lowest BCUT2D eigenvalue weighted by Crippen LogP contribution is -2.05. The van der Waals surface area contributed by atoms with Crippen LogP contribution in [0.1, 0.15) is 41.3 Å². The van der Waals surface area contributed by atoms with Crippen molar-refractivity contribution >= 4 is 17.5 Å². The summed E-state index contributed by atoms with van der Waals surface area (Å²) in [7, 11) is 0. The molecule has 0 saturated heterocycles. The highest BCUT2D eigenvalue weighted by molar-refractivity contribution is 6.11. The Bertz CT molecular complexity index is 825. The van der Waals surface area contributed by atoms with Gasteiger partial charge in [0.05, 0.1) is 17.3 Å². The summed E-state index contributed by atoms with van der Waals surface area (Å²) < 4.78 is 5.29. The van der Waals surface area contributed by atoms with Crippen molar-refractivity contribution in [1.82, 2.24) is 0 Å². The number of rotatable bonds is 9. The number of carbonyl (C=O) groups excluding carboxylic acids is 1. The fraction of sp³-hybridized carbons (Fsp3) is 0.190. The second-order valence-electron chi connectivity index (χ2n) is 5.64. The van der Waals surface area contributed by atoms with Gasteiger partial charge in [-0.2, -0.15) is 0 Å². The van der Waals surface area contributed by atoms with Gasteiger partial charge in [-0.15, -0.1) is 0 Å². The molecule has 0 aromatic heterocycles. The second-order valence-corrected chi connectivity index (χ2v) is 5.64. The lowest BCUT2D eigenvalue weighted by atomic mass is 9.99. The van der Waals surface area contributed by atoms with Gasteiger partial charge in [-0.25, -0.2) is 0 Å². The first-order valence-corrected chi connectivity index (χ1v) is 8.38. The number of hydrogen-bond acceptors (Lipinski definition) is 4. The Morgan fingerprint density at radius 1 is 1.23 bits per heavy atom. The average molecular weight is 351 g/mol. The molecule has 2 aromatic carbocycles. The van der Waals surface area contributed by atoms with Gasteiger partial charge in [0.25, 0.3) is 5.69 Å². The molecule has 0 radical (unpaired) electrons. The first-order valence-electron chi connectivity index (χ1n) is 8.38. The third kappa shape index (κ3) is 5.14. The van der Waals surface area contributed by atoms with Gasteiger partial charge in [-0.1, -0.05) is 49.1 Å². The van der Waals surface area contributed by atoms with E-state index in [1.54, 1.807) is 42.5 Å². The van der Waals surface area contributed by atoms with E-state index in [1.165, 1.54) is 6.07 Å². The summed E-state index contributed by atoms with van der Waals surface area (Å²) in [6.07, 6.45) is 5.21. The molecule has 0 spiro atoms. The SMILES string of the molecule is C=C(CCC=Cc1ccc([N+](=O)[O-])c(C(=O)c2ccccc2)c1)OCC. The van der Waals surface area contributed by atoms with Crippen LogP contribution in [0, 0.1) is 10.1 Å². The molecule has 2 rings (SSSR count). The Hall–Kier alpha value is -3.21. The van der Waals surface area contributed by atoms with Crippen LogP contribution in [0.25, 0.3) is 6.08 Å². The van der Waals surface area contributed by atoms with Crippen molar-refractivity contribution in [1.29, 1.82) is 0 Å². The van der Waals surface area contributed by atoms with Crippen LogP contribution in [0.2, 0.25) is 0 Å². The zero-order valence-corrected chi connectivity index (χ0v) is 14.7. The minimum absolute atomic E-state index is 0.0853. The number of nitro benzene ring substituents is 1. The lowest BCUT2D eigenvalue weighted by Gasteiger charge is -2.05. The Kier molecular flexibility index (Phi) is 6.85.